The SMILES string of the molecule is COc1cc(CNCCCCC(C)C)ccc1/C(N)=N/O. The molecule has 4 N–H and O–H groups in total. The molecule has 1 aromatic rings. The monoisotopic (exact) mass is 293 g/mol. The van der Waals surface area contributed by atoms with E-state index in [0.717, 1.165) is 24.6 Å². The van der Waals surface area contributed by atoms with E-state index in [2.05, 4.69) is 24.3 Å². The Morgan fingerprint density at radius 2 is 2.14 bits per heavy atom. The summed E-state index contributed by atoms with van der Waals surface area (Å²) < 4.78 is 5.28. The van der Waals surface area contributed by atoms with Crippen LogP contribution in [0.4, 0.5) is 0 Å². The standard InChI is InChI=1S/C16H27N3O2/c1-12(2)6-4-5-9-18-11-13-7-8-14(16(17)19-20)15(10-13)21-3/h7-8,10,12,18,20H,4-6,9,11H2,1-3H3,(H2,17,19). The summed E-state index contributed by atoms with van der Waals surface area (Å²) in [5.41, 5.74) is 7.32. The number of nitrogens with zero attached hydrogens (tertiary/aromatic N) is 1. The Hall–Kier alpha value is -1.75. The third-order valence-corrected chi connectivity index (χ3v) is 3.36. The molecule has 0 atom stereocenters. The van der Waals surface area contributed by atoms with Gasteiger partial charge in [-0.2, -0.15) is 0 Å². The minimum Gasteiger partial charge on any atom is -0.496 e. The van der Waals surface area contributed by atoms with Crippen molar-refractivity contribution in [3.05, 3.63) is 29.3 Å². The quantitative estimate of drug-likeness (QED) is 0.215. The number of ether oxygens (including phenoxy) is 1. The summed E-state index contributed by atoms with van der Waals surface area (Å²) in [6.07, 6.45) is 3.73. The molecule has 0 radical (unpaired) electrons. The summed E-state index contributed by atoms with van der Waals surface area (Å²) in [6, 6.07) is 5.68. The molecule has 1 rings (SSSR count). The van der Waals surface area contributed by atoms with E-state index in [1.54, 1.807) is 7.11 Å². The number of hydrogen-bond donors (Lipinski definition) is 3. The lowest BCUT2D eigenvalue weighted by molar-refractivity contribution is 0.318. The predicted octanol–water partition coefficient (Wildman–Crippen LogP) is 2.71. The molecule has 1 aromatic carbocycles. The first-order valence-corrected chi connectivity index (χ1v) is 7.44. The van der Waals surface area contributed by atoms with E-state index in [0.29, 0.717) is 11.3 Å². The molecule has 0 unspecified atom stereocenters. The predicted molar refractivity (Wildman–Crippen MR) is 85.9 cm³/mol. The molecule has 0 bridgehead atoms. The zero-order chi connectivity index (χ0) is 15.7. The van der Waals surface area contributed by atoms with Crippen LogP contribution in [0.25, 0.3) is 0 Å². The fraction of sp³-hybridized carbons (Fsp3) is 0.562. The number of benzene rings is 1. The van der Waals surface area contributed by atoms with Crippen LogP contribution in [-0.2, 0) is 6.54 Å². The molecule has 0 amide bonds. The van der Waals surface area contributed by atoms with E-state index < -0.39 is 0 Å². The van der Waals surface area contributed by atoms with Gasteiger partial charge in [-0.1, -0.05) is 37.9 Å². The molecule has 0 aliphatic rings. The molecule has 21 heavy (non-hydrogen) atoms. The van der Waals surface area contributed by atoms with Crippen LogP contribution in [0, 0.1) is 5.92 Å². The summed E-state index contributed by atoms with van der Waals surface area (Å²) in [6.45, 7) is 6.30. The number of nitrogens with two attached hydrogens (primary N) is 1. The van der Waals surface area contributed by atoms with Crippen molar-refractivity contribution in [2.24, 2.45) is 16.8 Å². The molecule has 5 heteroatoms. The largest absolute Gasteiger partial charge is 0.496 e. The van der Waals surface area contributed by atoms with Crippen LogP contribution in [0.5, 0.6) is 5.75 Å². The van der Waals surface area contributed by atoms with E-state index in [4.69, 9.17) is 15.7 Å². The summed E-state index contributed by atoms with van der Waals surface area (Å²) >= 11 is 0. The molecule has 5 nitrogen and oxygen atoms in total. The normalized spacial score (nSPS) is 11.9. The smallest absolute Gasteiger partial charge is 0.173 e. The maximum atomic E-state index is 8.74. The Kier molecular flexibility index (Phi) is 7.61. The lowest BCUT2D eigenvalue weighted by atomic mass is 10.1. The number of oxime groups is 1. The number of rotatable bonds is 9. The third-order valence-electron chi connectivity index (χ3n) is 3.36. The highest BCUT2D eigenvalue weighted by Gasteiger charge is 2.08. The van der Waals surface area contributed by atoms with Gasteiger partial charge in [0.15, 0.2) is 5.84 Å². The van der Waals surface area contributed by atoms with Gasteiger partial charge in [-0.05, 0) is 36.6 Å². The number of amidine groups is 1. The lowest BCUT2D eigenvalue weighted by Gasteiger charge is -2.10. The van der Waals surface area contributed by atoms with Crippen LogP contribution in [0.2, 0.25) is 0 Å². The second-order valence-corrected chi connectivity index (χ2v) is 5.59. The topological polar surface area (TPSA) is 79.9 Å². The average molecular weight is 293 g/mol. The van der Waals surface area contributed by atoms with Gasteiger partial charge in [0.1, 0.15) is 5.75 Å². The first-order valence-electron chi connectivity index (χ1n) is 7.44. The van der Waals surface area contributed by atoms with Crippen molar-refractivity contribution in [3.8, 4) is 5.75 Å². The molecule has 0 saturated carbocycles. The molecule has 0 aromatic heterocycles. The molecule has 0 fully saturated rings. The van der Waals surface area contributed by atoms with Crippen LogP contribution >= 0.6 is 0 Å². The fourth-order valence-corrected chi connectivity index (χ4v) is 2.15. The zero-order valence-electron chi connectivity index (χ0n) is 13.2. The van der Waals surface area contributed by atoms with Crippen LogP contribution in [-0.4, -0.2) is 24.7 Å². The molecule has 0 spiro atoms. The summed E-state index contributed by atoms with van der Waals surface area (Å²) in [4.78, 5) is 0. The Balaban J connectivity index is 2.46. The summed E-state index contributed by atoms with van der Waals surface area (Å²) in [7, 11) is 1.58. The number of hydrogen-bond acceptors (Lipinski definition) is 4. The molecule has 0 aliphatic heterocycles. The fourth-order valence-electron chi connectivity index (χ4n) is 2.15. The Morgan fingerprint density at radius 3 is 2.76 bits per heavy atom. The van der Waals surface area contributed by atoms with Crippen molar-refractivity contribution in [1.29, 1.82) is 0 Å². The van der Waals surface area contributed by atoms with Crippen molar-refractivity contribution in [3.63, 3.8) is 0 Å². The second kappa shape index (κ2) is 9.23. The minimum atomic E-state index is 0.0556. The Labute approximate surface area is 127 Å². The molecule has 0 heterocycles. The van der Waals surface area contributed by atoms with Gasteiger partial charge in [-0.25, -0.2) is 0 Å². The second-order valence-electron chi connectivity index (χ2n) is 5.59. The van der Waals surface area contributed by atoms with E-state index in [9.17, 15) is 0 Å². The van der Waals surface area contributed by atoms with Gasteiger partial charge >= 0.3 is 0 Å². The van der Waals surface area contributed by atoms with Crippen LogP contribution in [0.1, 0.15) is 44.2 Å². The van der Waals surface area contributed by atoms with Crippen LogP contribution in [0.3, 0.4) is 0 Å². The van der Waals surface area contributed by atoms with Gasteiger partial charge < -0.3 is 21.0 Å². The maximum absolute atomic E-state index is 8.74. The van der Waals surface area contributed by atoms with E-state index in [1.807, 2.05) is 18.2 Å². The lowest BCUT2D eigenvalue weighted by Crippen LogP contribution is -2.17. The third kappa shape index (κ3) is 6.04. The van der Waals surface area contributed by atoms with Crippen molar-refractivity contribution >= 4 is 5.84 Å². The number of unbranched alkanes of at least 4 members (excludes halogenated alkanes) is 1. The van der Waals surface area contributed by atoms with E-state index >= 15 is 0 Å². The van der Waals surface area contributed by atoms with Crippen molar-refractivity contribution < 1.29 is 9.94 Å². The van der Waals surface area contributed by atoms with E-state index in [-0.39, 0.29) is 5.84 Å². The highest BCUT2D eigenvalue weighted by molar-refractivity contribution is 5.99. The van der Waals surface area contributed by atoms with Crippen molar-refractivity contribution in [1.82, 2.24) is 5.32 Å². The molecular weight excluding hydrogens is 266 g/mol. The van der Waals surface area contributed by atoms with Gasteiger partial charge in [0.05, 0.1) is 12.7 Å². The molecular formula is C16H27N3O2. The van der Waals surface area contributed by atoms with Gasteiger partial charge in [-0.3, -0.25) is 0 Å². The van der Waals surface area contributed by atoms with Gasteiger partial charge in [-0.15, -0.1) is 0 Å². The zero-order valence-corrected chi connectivity index (χ0v) is 13.2. The van der Waals surface area contributed by atoms with Gasteiger partial charge in [0.25, 0.3) is 0 Å². The molecule has 0 saturated heterocycles. The van der Waals surface area contributed by atoms with Crippen LogP contribution < -0.4 is 15.8 Å². The first-order chi connectivity index (χ1) is 10.1. The Morgan fingerprint density at radius 1 is 1.38 bits per heavy atom. The number of nitrogens with one attached hydrogen (secondary N) is 1. The van der Waals surface area contributed by atoms with Gasteiger partial charge in [0.2, 0.25) is 0 Å². The average Bonchev–Trinajstić information content (AvgIpc) is 2.49. The van der Waals surface area contributed by atoms with Crippen molar-refractivity contribution in [2.45, 2.75) is 39.7 Å². The highest BCUT2D eigenvalue weighted by Crippen LogP contribution is 2.20. The summed E-state index contributed by atoms with van der Waals surface area (Å²) in [5.74, 6) is 1.45. The highest BCUT2D eigenvalue weighted by atomic mass is 16.5. The minimum absolute atomic E-state index is 0.0556. The maximum Gasteiger partial charge on any atom is 0.173 e. The van der Waals surface area contributed by atoms with Crippen molar-refractivity contribution in [2.75, 3.05) is 13.7 Å². The van der Waals surface area contributed by atoms with Crippen LogP contribution in [0.15, 0.2) is 23.4 Å². The molecule has 0 aliphatic carbocycles. The van der Waals surface area contributed by atoms with E-state index in [1.165, 1.54) is 19.3 Å². The number of methoxy groups -OCH3 is 1. The van der Waals surface area contributed by atoms with Gasteiger partial charge in [0, 0.05) is 6.54 Å². The summed E-state index contributed by atoms with van der Waals surface area (Å²) in [5, 5.41) is 15.2. The first kappa shape index (κ1) is 17.3. The Bertz CT molecular complexity index is 459. The molecule has 118 valence electrons.